The molecule has 0 aliphatic carbocycles. The lowest BCUT2D eigenvalue weighted by Gasteiger charge is -2.07. The fourth-order valence-corrected chi connectivity index (χ4v) is 2.86. The van der Waals surface area contributed by atoms with E-state index in [1.165, 1.54) is 6.21 Å². The summed E-state index contributed by atoms with van der Waals surface area (Å²) in [6.07, 6.45) is 1.20. The van der Waals surface area contributed by atoms with Crippen LogP contribution >= 0.6 is 0 Å². The third kappa shape index (κ3) is 7.67. The molecule has 0 spiro atoms. The van der Waals surface area contributed by atoms with Gasteiger partial charge in [0, 0.05) is 11.4 Å². The van der Waals surface area contributed by atoms with E-state index in [-0.39, 0.29) is 12.3 Å². The molecule has 35 heavy (non-hydrogen) atoms. The standard InChI is InChI=1S/C25H25N5O5/c1-16(2)17-8-10-19(11-9-17)29-24(33)25(34)30-27-15-21-13-12-20(35-21)14-26-22(31)23(32)28-18-6-4-3-5-7-18/h3-13,15-16H,14H2,1-2H3,(H,26,31)(H,28,32)(H,29,33)(H,30,34)/b27-15+. The van der Waals surface area contributed by atoms with E-state index in [0.29, 0.717) is 23.1 Å². The molecule has 10 nitrogen and oxygen atoms in total. The van der Waals surface area contributed by atoms with E-state index in [1.807, 2.05) is 12.1 Å². The first-order valence-corrected chi connectivity index (χ1v) is 10.8. The van der Waals surface area contributed by atoms with Crippen molar-refractivity contribution in [3.05, 3.63) is 83.8 Å². The number of amides is 4. The monoisotopic (exact) mass is 475 g/mol. The SMILES string of the molecule is CC(C)c1ccc(NC(=O)C(=O)N/N=C/c2ccc(CNC(=O)C(=O)Nc3ccccc3)o2)cc1. The fourth-order valence-electron chi connectivity index (χ4n) is 2.86. The number of hydrogen-bond acceptors (Lipinski definition) is 6. The van der Waals surface area contributed by atoms with Gasteiger partial charge < -0.3 is 20.4 Å². The lowest BCUT2D eigenvalue weighted by Crippen LogP contribution is -2.34. The highest BCUT2D eigenvalue weighted by atomic mass is 16.3. The average molecular weight is 476 g/mol. The van der Waals surface area contributed by atoms with E-state index in [9.17, 15) is 19.2 Å². The molecule has 0 aliphatic heterocycles. The number of para-hydroxylation sites is 1. The molecule has 0 saturated heterocycles. The minimum atomic E-state index is -0.947. The molecular weight excluding hydrogens is 450 g/mol. The van der Waals surface area contributed by atoms with Gasteiger partial charge in [0.05, 0.1) is 12.8 Å². The zero-order valence-corrected chi connectivity index (χ0v) is 19.2. The molecule has 1 heterocycles. The Morgan fingerprint density at radius 3 is 2.09 bits per heavy atom. The molecule has 3 rings (SSSR count). The van der Waals surface area contributed by atoms with Gasteiger partial charge >= 0.3 is 23.6 Å². The van der Waals surface area contributed by atoms with Crippen LogP contribution in [0.3, 0.4) is 0 Å². The first kappa shape index (κ1) is 24.9. The van der Waals surface area contributed by atoms with E-state index in [1.54, 1.807) is 54.6 Å². The Morgan fingerprint density at radius 1 is 0.800 bits per heavy atom. The van der Waals surface area contributed by atoms with Crippen LogP contribution in [0.4, 0.5) is 11.4 Å². The van der Waals surface area contributed by atoms with Gasteiger partial charge in [-0.25, -0.2) is 5.43 Å². The van der Waals surface area contributed by atoms with Crippen LogP contribution < -0.4 is 21.4 Å². The summed E-state index contributed by atoms with van der Waals surface area (Å²) >= 11 is 0. The second-order valence-electron chi connectivity index (χ2n) is 7.74. The number of nitrogens with one attached hydrogen (secondary N) is 4. The summed E-state index contributed by atoms with van der Waals surface area (Å²) in [5.41, 5.74) is 4.23. The van der Waals surface area contributed by atoms with Crippen molar-refractivity contribution in [3.8, 4) is 0 Å². The van der Waals surface area contributed by atoms with Crippen molar-refractivity contribution in [1.29, 1.82) is 0 Å². The van der Waals surface area contributed by atoms with Crippen molar-refractivity contribution < 1.29 is 23.6 Å². The lowest BCUT2D eigenvalue weighted by atomic mass is 10.0. The van der Waals surface area contributed by atoms with Crippen molar-refractivity contribution in [1.82, 2.24) is 10.7 Å². The molecule has 4 N–H and O–H groups in total. The number of nitrogens with zero attached hydrogens (tertiary/aromatic N) is 1. The molecule has 2 aromatic carbocycles. The van der Waals surface area contributed by atoms with Crippen molar-refractivity contribution in [2.45, 2.75) is 26.3 Å². The summed E-state index contributed by atoms with van der Waals surface area (Å²) in [4.78, 5) is 47.8. The highest BCUT2D eigenvalue weighted by Gasteiger charge is 2.15. The number of carbonyl (C=O) groups excluding carboxylic acids is 4. The molecule has 0 saturated carbocycles. The molecule has 0 fully saturated rings. The Labute approximate surface area is 201 Å². The summed E-state index contributed by atoms with van der Waals surface area (Å²) in [6, 6.07) is 18.9. The Hall–Kier alpha value is -4.73. The number of hydrogen-bond donors (Lipinski definition) is 4. The van der Waals surface area contributed by atoms with Crippen molar-refractivity contribution in [3.63, 3.8) is 0 Å². The molecule has 0 bridgehead atoms. The largest absolute Gasteiger partial charge is 0.458 e. The van der Waals surface area contributed by atoms with Gasteiger partial charge in [-0.3, -0.25) is 19.2 Å². The van der Waals surface area contributed by atoms with Crippen molar-refractivity contribution in [2.75, 3.05) is 10.6 Å². The van der Waals surface area contributed by atoms with Gasteiger partial charge in [0.25, 0.3) is 0 Å². The van der Waals surface area contributed by atoms with Crippen LogP contribution in [-0.2, 0) is 25.7 Å². The zero-order chi connectivity index (χ0) is 25.2. The van der Waals surface area contributed by atoms with Gasteiger partial charge in [-0.05, 0) is 47.9 Å². The second-order valence-corrected chi connectivity index (χ2v) is 7.74. The minimum absolute atomic E-state index is 0.0285. The Balaban J connectivity index is 1.42. The molecule has 180 valence electrons. The van der Waals surface area contributed by atoms with Crippen LogP contribution in [0.1, 0.15) is 36.8 Å². The normalized spacial score (nSPS) is 10.7. The maximum atomic E-state index is 12.0. The third-order valence-corrected chi connectivity index (χ3v) is 4.74. The summed E-state index contributed by atoms with van der Waals surface area (Å²) in [5.74, 6) is -2.45. The number of hydrazone groups is 1. The average Bonchev–Trinajstić information content (AvgIpc) is 3.31. The quantitative estimate of drug-likeness (QED) is 0.236. The summed E-state index contributed by atoms with van der Waals surface area (Å²) in [5, 5.41) is 11.1. The number of anilines is 2. The maximum Gasteiger partial charge on any atom is 0.329 e. The maximum absolute atomic E-state index is 12.0. The number of furan rings is 1. The van der Waals surface area contributed by atoms with Crippen molar-refractivity contribution >= 4 is 41.2 Å². The predicted octanol–water partition coefficient (Wildman–Crippen LogP) is 2.75. The zero-order valence-electron chi connectivity index (χ0n) is 19.2. The highest BCUT2D eigenvalue weighted by Crippen LogP contribution is 2.17. The molecule has 0 unspecified atom stereocenters. The van der Waals surface area contributed by atoms with Crippen LogP contribution in [0.15, 0.2) is 76.2 Å². The second kappa shape index (κ2) is 11.9. The Kier molecular flexibility index (Phi) is 8.49. The molecule has 10 heteroatoms. The van der Waals surface area contributed by atoms with Crippen LogP contribution in [-0.4, -0.2) is 29.8 Å². The van der Waals surface area contributed by atoms with Gasteiger partial charge in [-0.15, -0.1) is 0 Å². The Bertz CT molecular complexity index is 1220. The van der Waals surface area contributed by atoms with E-state index < -0.39 is 23.6 Å². The molecule has 1 aromatic heterocycles. The van der Waals surface area contributed by atoms with Gasteiger partial charge in [0.1, 0.15) is 11.5 Å². The molecule has 0 radical (unpaired) electrons. The van der Waals surface area contributed by atoms with Gasteiger partial charge in [-0.2, -0.15) is 5.10 Å². The van der Waals surface area contributed by atoms with E-state index in [4.69, 9.17) is 4.42 Å². The number of benzene rings is 2. The highest BCUT2D eigenvalue weighted by molar-refractivity contribution is 6.40. The Morgan fingerprint density at radius 2 is 1.43 bits per heavy atom. The van der Waals surface area contributed by atoms with Gasteiger partial charge in [0.2, 0.25) is 0 Å². The lowest BCUT2D eigenvalue weighted by molar-refractivity contribution is -0.136. The molecular formula is C25H25N5O5. The topological polar surface area (TPSA) is 142 Å². The number of carbonyl (C=O) groups is 4. The van der Waals surface area contributed by atoms with Crippen molar-refractivity contribution in [2.24, 2.45) is 5.10 Å². The number of rotatable bonds is 7. The third-order valence-electron chi connectivity index (χ3n) is 4.74. The van der Waals surface area contributed by atoms with E-state index in [0.717, 1.165) is 5.56 Å². The first-order chi connectivity index (χ1) is 16.8. The minimum Gasteiger partial charge on any atom is -0.458 e. The summed E-state index contributed by atoms with van der Waals surface area (Å²) < 4.78 is 5.45. The van der Waals surface area contributed by atoms with E-state index in [2.05, 4.69) is 40.3 Å². The molecule has 3 aromatic rings. The molecule has 0 atom stereocenters. The smallest absolute Gasteiger partial charge is 0.329 e. The van der Waals surface area contributed by atoms with E-state index >= 15 is 0 Å². The fraction of sp³-hybridized carbons (Fsp3) is 0.160. The molecule has 0 aliphatic rings. The van der Waals surface area contributed by atoms with Crippen LogP contribution in [0.2, 0.25) is 0 Å². The van der Waals surface area contributed by atoms with Crippen LogP contribution in [0, 0.1) is 0 Å². The predicted molar refractivity (Wildman–Crippen MR) is 131 cm³/mol. The van der Waals surface area contributed by atoms with Gasteiger partial charge in [-0.1, -0.05) is 44.2 Å². The summed E-state index contributed by atoms with van der Waals surface area (Å²) in [7, 11) is 0. The summed E-state index contributed by atoms with van der Waals surface area (Å²) in [6.45, 7) is 4.09. The van der Waals surface area contributed by atoms with Crippen LogP contribution in [0.5, 0.6) is 0 Å². The molecule has 4 amide bonds. The first-order valence-electron chi connectivity index (χ1n) is 10.8. The van der Waals surface area contributed by atoms with Gasteiger partial charge in [0.15, 0.2) is 0 Å². The van der Waals surface area contributed by atoms with Crippen LogP contribution in [0.25, 0.3) is 0 Å².